The predicted octanol–water partition coefficient (Wildman–Crippen LogP) is 1.20. The molecule has 0 aliphatic carbocycles. The molecule has 0 bridgehead atoms. The smallest absolute Gasteiger partial charge is 0.287 e. The highest BCUT2D eigenvalue weighted by Gasteiger charge is 2.28. The van der Waals surface area contributed by atoms with Crippen LogP contribution in [0, 0.1) is 10.1 Å². The maximum Gasteiger partial charge on any atom is 0.287 e. The third-order valence-electron chi connectivity index (χ3n) is 3.16. The number of nitro groups is 1. The Balaban J connectivity index is 2.84. The Morgan fingerprint density at radius 3 is 2.56 bits per heavy atom. The first-order valence-corrected chi connectivity index (χ1v) is 5.74. The Morgan fingerprint density at radius 1 is 1.56 bits per heavy atom. The van der Waals surface area contributed by atoms with E-state index >= 15 is 0 Å². The number of amides is 1. The molecule has 7 heteroatoms. The number of hydrogen-bond acceptors (Lipinski definition) is 4. The molecule has 3 N–H and O–H groups in total. The fraction of sp³-hybridized carbons (Fsp3) is 0.545. The number of nitrogens with zero attached hydrogens (tertiary/aromatic N) is 1. The molecule has 0 fully saturated rings. The number of carbonyl (C=O) groups excluding carboxylic acids is 1. The average Bonchev–Trinajstić information content (AvgIpc) is 2.86. The number of aromatic amines is 1. The lowest BCUT2D eigenvalue weighted by Crippen LogP contribution is -2.50. The third kappa shape index (κ3) is 2.86. The largest absolute Gasteiger partial charge is 0.394 e. The Kier molecular flexibility index (Phi) is 4.43. The lowest BCUT2D eigenvalue weighted by molar-refractivity contribution is -0.384. The van der Waals surface area contributed by atoms with Crippen LogP contribution in [-0.2, 0) is 0 Å². The Labute approximate surface area is 104 Å². The molecular weight excluding hydrogens is 238 g/mol. The van der Waals surface area contributed by atoms with Crippen molar-refractivity contribution in [1.82, 2.24) is 10.3 Å². The predicted molar refractivity (Wildman–Crippen MR) is 65.3 cm³/mol. The number of aliphatic hydroxyl groups is 1. The molecule has 1 aromatic heterocycles. The summed E-state index contributed by atoms with van der Waals surface area (Å²) < 4.78 is 0. The van der Waals surface area contributed by atoms with E-state index in [1.54, 1.807) is 0 Å². The minimum atomic E-state index is -0.684. The number of nitrogens with one attached hydrogen (secondary N) is 2. The van der Waals surface area contributed by atoms with Gasteiger partial charge in [0.05, 0.1) is 23.3 Å². The number of carbonyl (C=O) groups is 1. The summed E-state index contributed by atoms with van der Waals surface area (Å²) in [5.41, 5.74) is -0.735. The quantitative estimate of drug-likeness (QED) is 0.524. The molecule has 0 spiro atoms. The van der Waals surface area contributed by atoms with Crippen LogP contribution in [0.4, 0.5) is 5.69 Å². The molecular formula is C11H17N3O4. The first-order chi connectivity index (χ1) is 8.48. The van der Waals surface area contributed by atoms with Crippen LogP contribution in [0.25, 0.3) is 0 Å². The zero-order valence-electron chi connectivity index (χ0n) is 10.4. The van der Waals surface area contributed by atoms with Gasteiger partial charge in [-0.25, -0.2) is 0 Å². The van der Waals surface area contributed by atoms with Crippen molar-refractivity contribution in [2.45, 2.75) is 32.2 Å². The van der Waals surface area contributed by atoms with Gasteiger partial charge in [0.1, 0.15) is 5.69 Å². The normalized spacial score (nSPS) is 11.3. The van der Waals surface area contributed by atoms with Gasteiger partial charge in [-0.15, -0.1) is 0 Å². The van der Waals surface area contributed by atoms with Gasteiger partial charge in [0.2, 0.25) is 0 Å². The first kappa shape index (κ1) is 14.2. The summed E-state index contributed by atoms with van der Waals surface area (Å²) in [6.45, 7) is 3.54. The molecule has 0 aliphatic rings. The van der Waals surface area contributed by atoms with Crippen LogP contribution in [0.1, 0.15) is 37.2 Å². The van der Waals surface area contributed by atoms with Gasteiger partial charge in [0.15, 0.2) is 0 Å². The summed E-state index contributed by atoms with van der Waals surface area (Å²) >= 11 is 0. The van der Waals surface area contributed by atoms with Crippen LogP contribution in [0.3, 0.4) is 0 Å². The van der Waals surface area contributed by atoms with Crippen LogP contribution in [0.2, 0.25) is 0 Å². The van der Waals surface area contributed by atoms with Gasteiger partial charge in [-0.1, -0.05) is 13.8 Å². The SMILES string of the molecule is CCC(CC)(CO)NC(=O)c1cc([N+](=O)[O-])c[nH]1. The van der Waals surface area contributed by atoms with Crippen molar-refractivity contribution in [2.75, 3.05) is 6.61 Å². The topological polar surface area (TPSA) is 108 Å². The highest BCUT2D eigenvalue weighted by Crippen LogP contribution is 2.17. The summed E-state index contributed by atoms with van der Waals surface area (Å²) in [5, 5.41) is 22.5. The van der Waals surface area contributed by atoms with E-state index in [4.69, 9.17) is 0 Å². The first-order valence-electron chi connectivity index (χ1n) is 5.74. The molecule has 1 aromatic rings. The Bertz CT molecular complexity index is 429. The van der Waals surface area contributed by atoms with Crippen LogP contribution in [0.5, 0.6) is 0 Å². The van der Waals surface area contributed by atoms with Crippen molar-refractivity contribution in [3.8, 4) is 0 Å². The number of H-pyrrole nitrogens is 1. The molecule has 0 radical (unpaired) electrons. The lowest BCUT2D eigenvalue weighted by atomic mass is 9.94. The molecule has 0 atom stereocenters. The highest BCUT2D eigenvalue weighted by molar-refractivity contribution is 5.93. The molecule has 0 aliphatic heterocycles. The lowest BCUT2D eigenvalue weighted by Gasteiger charge is -2.30. The van der Waals surface area contributed by atoms with E-state index < -0.39 is 16.4 Å². The van der Waals surface area contributed by atoms with E-state index in [0.717, 1.165) is 6.20 Å². The van der Waals surface area contributed by atoms with Crippen molar-refractivity contribution in [2.24, 2.45) is 0 Å². The van der Waals surface area contributed by atoms with Gasteiger partial charge in [0, 0.05) is 6.07 Å². The second-order valence-electron chi connectivity index (χ2n) is 4.13. The van der Waals surface area contributed by atoms with Crippen molar-refractivity contribution in [3.05, 3.63) is 28.1 Å². The molecule has 0 saturated carbocycles. The molecule has 0 unspecified atom stereocenters. The minimum absolute atomic E-state index is 0.112. The fourth-order valence-corrected chi connectivity index (χ4v) is 1.62. The molecule has 1 heterocycles. The second-order valence-corrected chi connectivity index (χ2v) is 4.13. The number of aliphatic hydroxyl groups excluding tert-OH is 1. The van der Waals surface area contributed by atoms with E-state index in [2.05, 4.69) is 10.3 Å². The van der Waals surface area contributed by atoms with Crippen LogP contribution in [0.15, 0.2) is 12.3 Å². The van der Waals surface area contributed by atoms with E-state index in [1.807, 2.05) is 13.8 Å². The second kappa shape index (κ2) is 5.63. The molecule has 7 nitrogen and oxygen atoms in total. The number of rotatable bonds is 6. The van der Waals surface area contributed by atoms with Crippen LogP contribution < -0.4 is 5.32 Å². The average molecular weight is 255 g/mol. The van der Waals surface area contributed by atoms with E-state index in [9.17, 15) is 20.0 Å². The zero-order chi connectivity index (χ0) is 13.8. The zero-order valence-corrected chi connectivity index (χ0v) is 10.4. The summed E-state index contributed by atoms with van der Waals surface area (Å²) in [4.78, 5) is 24.4. The van der Waals surface area contributed by atoms with Gasteiger partial charge in [-0.05, 0) is 12.8 Å². The Hall–Kier alpha value is -1.89. The standard InChI is InChI=1S/C11H17N3O4/c1-3-11(4-2,7-15)13-10(16)9-5-8(6-12-9)14(17)18/h5-6,12,15H,3-4,7H2,1-2H3,(H,13,16). The monoisotopic (exact) mass is 255 g/mol. The summed E-state index contributed by atoms with van der Waals surface area (Å²) in [7, 11) is 0. The maximum absolute atomic E-state index is 11.9. The number of aromatic nitrogens is 1. The molecule has 1 rings (SSSR count). The fourth-order valence-electron chi connectivity index (χ4n) is 1.62. The van der Waals surface area contributed by atoms with Gasteiger partial charge in [0.25, 0.3) is 11.6 Å². The highest BCUT2D eigenvalue weighted by atomic mass is 16.6. The van der Waals surface area contributed by atoms with Crippen molar-refractivity contribution < 1.29 is 14.8 Å². The maximum atomic E-state index is 11.9. The molecule has 100 valence electrons. The van der Waals surface area contributed by atoms with E-state index in [0.29, 0.717) is 12.8 Å². The summed E-state index contributed by atoms with van der Waals surface area (Å²) in [5.74, 6) is -0.458. The van der Waals surface area contributed by atoms with Crippen LogP contribution >= 0.6 is 0 Å². The third-order valence-corrected chi connectivity index (χ3v) is 3.16. The summed E-state index contributed by atoms with van der Waals surface area (Å²) in [6, 6.07) is 1.17. The van der Waals surface area contributed by atoms with E-state index in [1.165, 1.54) is 6.07 Å². The van der Waals surface area contributed by atoms with Crippen molar-refractivity contribution in [1.29, 1.82) is 0 Å². The number of hydrogen-bond donors (Lipinski definition) is 3. The van der Waals surface area contributed by atoms with Crippen molar-refractivity contribution >= 4 is 11.6 Å². The van der Waals surface area contributed by atoms with Gasteiger partial charge >= 0.3 is 0 Å². The molecule has 1 amide bonds. The molecule has 18 heavy (non-hydrogen) atoms. The molecule has 0 aromatic carbocycles. The van der Waals surface area contributed by atoms with Gasteiger partial charge in [-0.3, -0.25) is 14.9 Å². The van der Waals surface area contributed by atoms with E-state index in [-0.39, 0.29) is 18.0 Å². The van der Waals surface area contributed by atoms with Crippen molar-refractivity contribution in [3.63, 3.8) is 0 Å². The van der Waals surface area contributed by atoms with Gasteiger partial charge in [-0.2, -0.15) is 0 Å². The summed E-state index contributed by atoms with van der Waals surface area (Å²) in [6.07, 6.45) is 2.32. The minimum Gasteiger partial charge on any atom is -0.394 e. The van der Waals surface area contributed by atoms with Crippen LogP contribution in [-0.4, -0.2) is 33.1 Å². The van der Waals surface area contributed by atoms with Gasteiger partial charge < -0.3 is 15.4 Å². The molecule has 0 saturated heterocycles. The Morgan fingerprint density at radius 2 is 2.17 bits per heavy atom.